The molecule has 0 spiro atoms. The molecule has 1 aromatic carbocycles. The highest BCUT2D eigenvalue weighted by atomic mass is 16.5. The van der Waals surface area contributed by atoms with E-state index >= 15 is 0 Å². The number of nitrogens with zero attached hydrogens (tertiary/aromatic N) is 1. The second-order valence-corrected chi connectivity index (χ2v) is 5.88. The van der Waals surface area contributed by atoms with Crippen LogP contribution in [0.5, 0.6) is 11.5 Å². The van der Waals surface area contributed by atoms with Gasteiger partial charge in [0.15, 0.2) is 6.04 Å². The van der Waals surface area contributed by atoms with Crippen LogP contribution in [0.1, 0.15) is 12.5 Å². The summed E-state index contributed by atoms with van der Waals surface area (Å²) in [6.07, 6.45) is 0.513. The minimum Gasteiger partial charge on any atom is -0.494 e. The van der Waals surface area contributed by atoms with Gasteiger partial charge >= 0.3 is 5.97 Å². The largest absolute Gasteiger partial charge is 0.494 e. The molecule has 24 heavy (non-hydrogen) atoms. The highest BCUT2D eigenvalue weighted by Crippen LogP contribution is 2.31. The summed E-state index contributed by atoms with van der Waals surface area (Å²) in [5.74, 6) is -0.145. The van der Waals surface area contributed by atoms with Crippen molar-refractivity contribution in [2.24, 2.45) is 5.92 Å². The SMILES string of the molecule is CCOc1ccc2c(c1)C[C@@H](C(=O)N1CCOC[C@H]1C(=O)O)CO2. The van der Waals surface area contributed by atoms with E-state index < -0.39 is 17.9 Å². The van der Waals surface area contributed by atoms with E-state index in [1.54, 1.807) is 0 Å². The summed E-state index contributed by atoms with van der Waals surface area (Å²) >= 11 is 0. The average molecular weight is 335 g/mol. The number of carboxylic acids is 1. The number of aliphatic carboxylic acids is 1. The summed E-state index contributed by atoms with van der Waals surface area (Å²) in [5, 5.41) is 9.29. The monoisotopic (exact) mass is 335 g/mol. The highest BCUT2D eigenvalue weighted by Gasteiger charge is 2.37. The van der Waals surface area contributed by atoms with Crippen molar-refractivity contribution < 1.29 is 28.9 Å². The third-order valence-corrected chi connectivity index (χ3v) is 4.30. The quantitative estimate of drug-likeness (QED) is 0.882. The van der Waals surface area contributed by atoms with Crippen LogP contribution in [0.3, 0.4) is 0 Å². The molecule has 7 heteroatoms. The van der Waals surface area contributed by atoms with Crippen molar-refractivity contribution >= 4 is 11.9 Å². The third kappa shape index (κ3) is 3.31. The number of carbonyl (C=O) groups excluding carboxylic acids is 1. The molecule has 0 radical (unpaired) electrons. The van der Waals surface area contributed by atoms with Gasteiger partial charge in [0.05, 0.1) is 25.7 Å². The van der Waals surface area contributed by atoms with E-state index in [-0.39, 0.29) is 25.7 Å². The molecule has 0 aromatic heterocycles. The van der Waals surface area contributed by atoms with Crippen LogP contribution in [0.15, 0.2) is 18.2 Å². The standard InChI is InChI=1S/C17H21NO6/c1-2-23-13-3-4-15-11(8-13)7-12(9-24-15)16(19)18-5-6-22-10-14(18)17(20)21/h3-4,8,12,14H,2,5-7,9-10H2,1H3,(H,20,21)/t12-,14+/m1/s1. The first-order valence-electron chi connectivity index (χ1n) is 8.09. The van der Waals surface area contributed by atoms with Crippen LogP contribution in [0.2, 0.25) is 0 Å². The molecule has 130 valence electrons. The number of morpholine rings is 1. The predicted octanol–water partition coefficient (Wildman–Crippen LogP) is 0.948. The Bertz CT molecular complexity index is 632. The smallest absolute Gasteiger partial charge is 0.328 e. The Labute approximate surface area is 140 Å². The molecule has 1 saturated heterocycles. The van der Waals surface area contributed by atoms with Crippen LogP contribution in [-0.4, -0.2) is 60.9 Å². The number of rotatable bonds is 4. The van der Waals surface area contributed by atoms with Gasteiger partial charge in [-0.2, -0.15) is 0 Å². The van der Waals surface area contributed by atoms with E-state index in [2.05, 4.69) is 0 Å². The maximum absolute atomic E-state index is 12.8. The predicted molar refractivity (Wildman–Crippen MR) is 84.3 cm³/mol. The van der Waals surface area contributed by atoms with Crippen LogP contribution < -0.4 is 9.47 Å². The van der Waals surface area contributed by atoms with Crippen molar-refractivity contribution in [2.45, 2.75) is 19.4 Å². The molecule has 0 saturated carbocycles. The van der Waals surface area contributed by atoms with Gasteiger partial charge in [-0.05, 0) is 37.1 Å². The Hall–Kier alpha value is -2.28. The first-order chi connectivity index (χ1) is 11.6. The van der Waals surface area contributed by atoms with Gasteiger partial charge in [-0.1, -0.05) is 0 Å². The number of carboxylic acid groups (broad SMARTS) is 1. The van der Waals surface area contributed by atoms with Crippen molar-refractivity contribution in [3.63, 3.8) is 0 Å². The second-order valence-electron chi connectivity index (χ2n) is 5.88. The molecule has 1 amide bonds. The lowest BCUT2D eigenvalue weighted by Gasteiger charge is -2.36. The number of hydrogen-bond donors (Lipinski definition) is 1. The Morgan fingerprint density at radius 1 is 1.38 bits per heavy atom. The van der Waals surface area contributed by atoms with E-state index in [4.69, 9.17) is 14.2 Å². The number of carbonyl (C=O) groups is 2. The molecular weight excluding hydrogens is 314 g/mol. The van der Waals surface area contributed by atoms with Crippen LogP contribution in [0, 0.1) is 5.92 Å². The van der Waals surface area contributed by atoms with Crippen LogP contribution >= 0.6 is 0 Å². The van der Waals surface area contributed by atoms with Crippen molar-refractivity contribution in [3.8, 4) is 11.5 Å². The van der Waals surface area contributed by atoms with Gasteiger partial charge < -0.3 is 24.2 Å². The molecule has 1 N–H and O–H groups in total. The summed E-state index contributed by atoms with van der Waals surface area (Å²) < 4.78 is 16.4. The Kier molecular flexibility index (Phi) is 4.89. The Morgan fingerprint density at radius 2 is 2.21 bits per heavy atom. The lowest BCUT2D eigenvalue weighted by Crippen LogP contribution is -2.55. The zero-order valence-corrected chi connectivity index (χ0v) is 13.6. The normalized spacial score (nSPS) is 23.1. The van der Waals surface area contributed by atoms with Crippen molar-refractivity contribution in [1.82, 2.24) is 4.90 Å². The third-order valence-electron chi connectivity index (χ3n) is 4.30. The van der Waals surface area contributed by atoms with Gasteiger partial charge in [0.1, 0.15) is 18.1 Å². The number of amides is 1. The second kappa shape index (κ2) is 7.09. The van der Waals surface area contributed by atoms with Gasteiger partial charge in [0.2, 0.25) is 5.91 Å². The van der Waals surface area contributed by atoms with E-state index in [0.717, 1.165) is 17.1 Å². The first-order valence-corrected chi connectivity index (χ1v) is 8.09. The lowest BCUT2D eigenvalue weighted by molar-refractivity contribution is -0.161. The number of fused-ring (bicyclic) bond motifs is 1. The summed E-state index contributed by atoms with van der Waals surface area (Å²) in [6, 6.07) is 4.64. The van der Waals surface area contributed by atoms with Crippen LogP contribution in [-0.2, 0) is 20.7 Å². The van der Waals surface area contributed by atoms with Crippen LogP contribution in [0.4, 0.5) is 0 Å². The van der Waals surface area contributed by atoms with Crippen molar-refractivity contribution in [3.05, 3.63) is 23.8 Å². The van der Waals surface area contributed by atoms with E-state index in [9.17, 15) is 14.7 Å². The topological polar surface area (TPSA) is 85.3 Å². The molecule has 7 nitrogen and oxygen atoms in total. The minimum absolute atomic E-state index is 0.0275. The summed E-state index contributed by atoms with van der Waals surface area (Å²) in [6.45, 7) is 3.40. The summed E-state index contributed by atoms with van der Waals surface area (Å²) in [5.41, 5.74) is 0.908. The van der Waals surface area contributed by atoms with E-state index in [1.807, 2.05) is 25.1 Å². The first kappa shape index (κ1) is 16.6. The van der Waals surface area contributed by atoms with Crippen molar-refractivity contribution in [1.29, 1.82) is 0 Å². The van der Waals surface area contributed by atoms with Crippen molar-refractivity contribution in [2.75, 3.05) is 33.0 Å². The number of hydrogen-bond acceptors (Lipinski definition) is 5. The Balaban J connectivity index is 1.75. The van der Waals surface area contributed by atoms with Gasteiger partial charge in [-0.15, -0.1) is 0 Å². The maximum atomic E-state index is 12.8. The molecule has 2 heterocycles. The lowest BCUT2D eigenvalue weighted by atomic mass is 9.94. The van der Waals surface area contributed by atoms with E-state index in [0.29, 0.717) is 19.6 Å². The molecular formula is C17H21NO6. The van der Waals surface area contributed by atoms with Gasteiger partial charge in [0.25, 0.3) is 0 Å². The molecule has 0 bridgehead atoms. The molecule has 1 aromatic rings. The van der Waals surface area contributed by atoms with Gasteiger partial charge in [0, 0.05) is 6.54 Å². The maximum Gasteiger partial charge on any atom is 0.328 e. The summed E-state index contributed by atoms with van der Waals surface area (Å²) in [4.78, 5) is 25.5. The number of benzene rings is 1. The molecule has 0 unspecified atom stereocenters. The van der Waals surface area contributed by atoms with Gasteiger partial charge in [-0.3, -0.25) is 4.79 Å². The zero-order valence-electron chi connectivity index (χ0n) is 13.6. The zero-order chi connectivity index (χ0) is 17.1. The molecule has 1 fully saturated rings. The molecule has 0 aliphatic carbocycles. The molecule has 2 aliphatic heterocycles. The fraction of sp³-hybridized carbons (Fsp3) is 0.529. The molecule has 3 rings (SSSR count). The van der Waals surface area contributed by atoms with Gasteiger partial charge in [-0.25, -0.2) is 4.79 Å². The van der Waals surface area contributed by atoms with Crippen LogP contribution in [0.25, 0.3) is 0 Å². The number of ether oxygens (including phenoxy) is 3. The fourth-order valence-corrected chi connectivity index (χ4v) is 3.09. The minimum atomic E-state index is -1.04. The molecule has 2 aliphatic rings. The fourth-order valence-electron chi connectivity index (χ4n) is 3.09. The summed E-state index contributed by atoms with van der Waals surface area (Å²) in [7, 11) is 0. The highest BCUT2D eigenvalue weighted by molar-refractivity contribution is 5.86. The average Bonchev–Trinajstić information content (AvgIpc) is 2.60. The van der Waals surface area contributed by atoms with E-state index in [1.165, 1.54) is 4.90 Å². The Morgan fingerprint density at radius 3 is 2.96 bits per heavy atom. The molecule has 2 atom stereocenters.